The second kappa shape index (κ2) is 9.44. The number of hydrogen-bond donors (Lipinski definition) is 1. The molecule has 3 heterocycles. The average molecular weight is 561 g/mol. The van der Waals surface area contributed by atoms with Crippen molar-refractivity contribution < 1.29 is 9.66 Å². The number of rotatable bonds is 5. The van der Waals surface area contributed by atoms with Gasteiger partial charge in [0.2, 0.25) is 11.8 Å². The van der Waals surface area contributed by atoms with Gasteiger partial charge in [0.15, 0.2) is 0 Å². The van der Waals surface area contributed by atoms with Gasteiger partial charge in [0, 0.05) is 40.2 Å². The smallest absolute Gasteiger partial charge is 0.292 e. The number of aromatic nitrogens is 4. The van der Waals surface area contributed by atoms with E-state index in [1.54, 1.807) is 52.8 Å². The fourth-order valence-corrected chi connectivity index (χ4v) is 5.32. The molecule has 1 aliphatic rings. The van der Waals surface area contributed by atoms with Crippen LogP contribution in [-0.4, -0.2) is 31.5 Å². The van der Waals surface area contributed by atoms with E-state index in [0.717, 1.165) is 39.5 Å². The largest absolute Gasteiger partial charge is 0.420 e. The number of ether oxygens (including phenoxy) is 1. The number of nitro groups is 1. The van der Waals surface area contributed by atoms with Crippen molar-refractivity contribution >= 4 is 34.6 Å². The maximum atomic E-state index is 12.0. The Balaban J connectivity index is 1.63. The number of aryl methyl sites for hydroxylation is 2. The van der Waals surface area contributed by atoms with Crippen molar-refractivity contribution in [2.75, 3.05) is 12.4 Å². The Bertz CT molecular complexity index is 1650. The van der Waals surface area contributed by atoms with Gasteiger partial charge < -0.3 is 10.1 Å². The topological polar surface area (TPSA) is 100 Å². The number of benzene rings is 3. The molecule has 0 saturated heterocycles. The summed E-state index contributed by atoms with van der Waals surface area (Å²) in [7, 11) is 1.66. The first kappa shape index (κ1) is 25.0. The molecule has 3 aromatic carbocycles. The Kier molecular flexibility index (Phi) is 6.05. The number of nitrogens with zero attached hydrogens (tertiary/aromatic N) is 5. The van der Waals surface area contributed by atoms with Gasteiger partial charge in [-0.05, 0) is 74.0 Å². The van der Waals surface area contributed by atoms with E-state index in [-0.39, 0.29) is 10.6 Å². The zero-order valence-corrected chi connectivity index (χ0v) is 22.7. The highest BCUT2D eigenvalue weighted by atomic mass is 35.5. The minimum atomic E-state index is -0.421. The molecule has 9 nitrogen and oxygen atoms in total. The molecule has 0 radical (unpaired) electrons. The highest BCUT2D eigenvalue weighted by molar-refractivity contribution is 6.30. The van der Waals surface area contributed by atoms with E-state index in [1.807, 2.05) is 44.2 Å². The quantitative estimate of drug-likeness (QED) is 0.176. The van der Waals surface area contributed by atoms with E-state index < -0.39 is 5.92 Å². The van der Waals surface area contributed by atoms with Crippen LogP contribution >= 0.6 is 23.2 Å². The minimum Gasteiger partial charge on any atom is -0.420 e. The predicted molar refractivity (Wildman–Crippen MR) is 150 cm³/mol. The van der Waals surface area contributed by atoms with Gasteiger partial charge in [-0.2, -0.15) is 10.2 Å². The van der Waals surface area contributed by atoms with E-state index in [1.165, 1.54) is 0 Å². The molecule has 6 rings (SSSR count). The van der Waals surface area contributed by atoms with Gasteiger partial charge in [0.1, 0.15) is 5.69 Å². The first-order valence-corrected chi connectivity index (χ1v) is 12.9. The SMILES string of the molecule is CNc1ccc(C2c3c(C)nn(-c4ccc(Cl)cc4)c3Oc3c2c(C)nn3-c2ccc(Cl)cc2)cc1[N+](=O)[O-]. The maximum Gasteiger partial charge on any atom is 0.292 e. The lowest BCUT2D eigenvalue weighted by molar-refractivity contribution is -0.384. The Morgan fingerprint density at radius 3 is 1.77 bits per heavy atom. The normalized spacial score (nSPS) is 12.5. The van der Waals surface area contributed by atoms with E-state index in [9.17, 15) is 10.1 Å². The van der Waals surface area contributed by atoms with Gasteiger partial charge in [-0.1, -0.05) is 29.3 Å². The van der Waals surface area contributed by atoms with Gasteiger partial charge in [0.25, 0.3) is 5.69 Å². The van der Waals surface area contributed by atoms with Crippen LogP contribution in [0.2, 0.25) is 10.0 Å². The maximum absolute atomic E-state index is 12.0. The average Bonchev–Trinajstić information content (AvgIpc) is 3.44. The highest BCUT2D eigenvalue weighted by Crippen LogP contribution is 2.51. The zero-order valence-electron chi connectivity index (χ0n) is 21.1. The summed E-state index contributed by atoms with van der Waals surface area (Å²) in [5.74, 6) is 0.584. The number of anilines is 1. The molecular formula is C28H22Cl2N6O3. The van der Waals surface area contributed by atoms with Crippen LogP contribution < -0.4 is 10.1 Å². The molecule has 39 heavy (non-hydrogen) atoms. The van der Waals surface area contributed by atoms with Crippen molar-refractivity contribution in [1.82, 2.24) is 19.6 Å². The van der Waals surface area contributed by atoms with Crippen molar-refractivity contribution in [3.05, 3.63) is 115 Å². The summed E-state index contributed by atoms with van der Waals surface area (Å²) < 4.78 is 10.1. The number of fused-ring (bicyclic) bond motifs is 2. The van der Waals surface area contributed by atoms with Gasteiger partial charge in [-0.25, -0.2) is 9.36 Å². The van der Waals surface area contributed by atoms with Crippen LogP contribution in [0.4, 0.5) is 11.4 Å². The standard InChI is InChI=1S/C28H22Cl2N6O3/c1-15-24-26(17-4-13-22(31-3)23(14-17)36(37)38)25-16(2)33-35(21-11-7-19(30)8-12-21)28(25)39-27(24)34(32-15)20-9-5-18(29)6-10-20/h4-14,26,31H,1-3H3. The molecular weight excluding hydrogens is 539 g/mol. The number of nitrogens with one attached hydrogen (secondary N) is 1. The summed E-state index contributed by atoms with van der Waals surface area (Å²) in [5.41, 5.74) is 5.74. The number of nitro benzene ring substituents is 1. The number of halogens is 2. The Labute approximate surface area is 233 Å². The van der Waals surface area contributed by atoms with Crippen molar-refractivity contribution in [2.45, 2.75) is 19.8 Å². The molecule has 0 aliphatic carbocycles. The molecule has 0 amide bonds. The number of hydrogen-bond acceptors (Lipinski definition) is 6. The van der Waals surface area contributed by atoms with Gasteiger partial charge in [-0.3, -0.25) is 10.1 Å². The molecule has 11 heteroatoms. The van der Waals surface area contributed by atoms with E-state index in [2.05, 4.69) is 5.32 Å². The van der Waals surface area contributed by atoms with Crippen LogP contribution in [0.1, 0.15) is 34.0 Å². The molecule has 0 unspecified atom stereocenters. The molecule has 196 valence electrons. The Morgan fingerprint density at radius 2 is 1.33 bits per heavy atom. The van der Waals surface area contributed by atoms with Crippen LogP contribution in [0.15, 0.2) is 66.7 Å². The third-order valence-electron chi connectivity index (χ3n) is 6.86. The van der Waals surface area contributed by atoms with Crippen molar-refractivity contribution in [2.24, 2.45) is 0 Å². The van der Waals surface area contributed by atoms with Crippen molar-refractivity contribution in [1.29, 1.82) is 0 Å². The third-order valence-corrected chi connectivity index (χ3v) is 7.36. The van der Waals surface area contributed by atoms with Crippen molar-refractivity contribution in [3.63, 3.8) is 0 Å². The summed E-state index contributed by atoms with van der Waals surface area (Å²) in [6.07, 6.45) is 0. The molecule has 1 N–H and O–H groups in total. The third kappa shape index (κ3) is 4.10. The fraction of sp³-hybridized carbons (Fsp3) is 0.143. The van der Waals surface area contributed by atoms with E-state index >= 15 is 0 Å². The Morgan fingerprint density at radius 1 is 0.846 bits per heavy atom. The van der Waals surface area contributed by atoms with Gasteiger partial charge in [0.05, 0.1) is 27.7 Å². The van der Waals surface area contributed by atoms with Crippen LogP contribution in [0.25, 0.3) is 11.4 Å². The molecule has 5 aromatic rings. The fourth-order valence-electron chi connectivity index (χ4n) is 5.07. The first-order chi connectivity index (χ1) is 18.8. The second-order valence-electron chi connectivity index (χ2n) is 9.20. The van der Waals surface area contributed by atoms with Crippen LogP contribution in [-0.2, 0) is 0 Å². The summed E-state index contributed by atoms with van der Waals surface area (Å²) in [5, 5.41) is 25.7. The highest BCUT2D eigenvalue weighted by Gasteiger charge is 2.39. The molecule has 0 saturated carbocycles. The molecule has 1 aliphatic heterocycles. The zero-order chi connectivity index (χ0) is 27.4. The second-order valence-corrected chi connectivity index (χ2v) is 10.1. The van der Waals surface area contributed by atoms with E-state index in [0.29, 0.717) is 27.5 Å². The molecule has 2 aromatic heterocycles. The monoisotopic (exact) mass is 560 g/mol. The lowest BCUT2D eigenvalue weighted by Gasteiger charge is -2.26. The lowest BCUT2D eigenvalue weighted by atomic mass is 9.83. The van der Waals surface area contributed by atoms with Crippen LogP contribution in [0, 0.1) is 24.0 Å². The molecule has 0 bridgehead atoms. The minimum absolute atomic E-state index is 0.0184. The van der Waals surface area contributed by atoms with E-state index in [4.69, 9.17) is 38.1 Å². The van der Waals surface area contributed by atoms with Gasteiger partial charge in [-0.15, -0.1) is 0 Å². The summed E-state index contributed by atoms with van der Waals surface area (Å²) >= 11 is 12.3. The molecule has 0 fully saturated rings. The van der Waals surface area contributed by atoms with Gasteiger partial charge >= 0.3 is 0 Å². The van der Waals surface area contributed by atoms with Crippen LogP contribution in [0.5, 0.6) is 11.8 Å². The predicted octanol–water partition coefficient (Wildman–Crippen LogP) is 7.22. The summed E-state index contributed by atoms with van der Waals surface area (Å²) in [6, 6.07) is 19.8. The summed E-state index contributed by atoms with van der Waals surface area (Å²) in [4.78, 5) is 11.6. The molecule has 0 atom stereocenters. The lowest BCUT2D eigenvalue weighted by Crippen LogP contribution is -2.15. The van der Waals surface area contributed by atoms with Crippen molar-refractivity contribution in [3.8, 4) is 23.1 Å². The first-order valence-electron chi connectivity index (χ1n) is 12.1. The van der Waals surface area contributed by atoms with Crippen LogP contribution in [0.3, 0.4) is 0 Å². The molecule has 0 spiro atoms. The summed E-state index contributed by atoms with van der Waals surface area (Å²) in [6.45, 7) is 3.81. The Hall–Kier alpha value is -4.34.